The van der Waals surface area contributed by atoms with Crippen LogP contribution in [0.4, 0.5) is 0 Å². The molecule has 1 rings (SSSR count). The second-order valence-electron chi connectivity index (χ2n) is 2.73. The third-order valence-electron chi connectivity index (χ3n) is 1.87. The summed E-state index contributed by atoms with van der Waals surface area (Å²) in [7, 11) is 0. The topological polar surface area (TPSA) is 20.2 Å². The molecule has 0 heterocycles. The number of aryl methyl sites for hydroxylation is 1. The standard InChI is InChI=1S/C10H13BrO.BrH/c11-8-10-5-2-1-4-9(10)6-3-7-12;/h1-2,4-5,12H,3,6-8H2;1H. The maximum absolute atomic E-state index is 8.68. The third-order valence-corrected chi connectivity index (χ3v) is 2.47. The number of hydrogen-bond acceptors (Lipinski definition) is 1. The van der Waals surface area contributed by atoms with E-state index in [0.717, 1.165) is 18.2 Å². The van der Waals surface area contributed by atoms with Crippen LogP contribution in [-0.4, -0.2) is 11.7 Å². The normalized spacial score (nSPS) is 9.38. The van der Waals surface area contributed by atoms with Gasteiger partial charge in [-0.1, -0.05) is 40.2 Å². The number of alkyl halides is 1. The zero-order valence-corrected chi connectivity index (χ0v) is 10.7. The van der Waals surface area contributed by atoms with E-state index in [1.54, 1.807) is 0 Å². The molecule has 0 amide bonds. The summed E-state index contributed by atoms with van der Waals surface area (Å²) in [6, 6.07) is 8.31. The fourth-order valence-corrected chi connectivity index (χ4v) is 1.75. The van der Waals surface area contributed by atoms with Gasteiger partial charge in [-0.15, -0.1) is 17.0 Å². The fraction of sp³-hybridized carbons (Fsp3) is 0.400. The SMILES string of the molecule is Br.OCCCc1ccccc1CBr. The predicted octanol–water partition coefficient (Wildman–Crippen LogP) is 3.08. The monoisotopic (exact) mass is 308 g/mol. The Kier molecular flexibility index (Phi) is 7.62. The lowest BCUT2D eigenvalue weighted by atomic mass is 10.0. The van der Waals surface area contributed by atoms with Gasteiger partial charge in [0.15, 0.2) is 0 Å². The summed E-state index contributed by atoms with van der Waals surface area (Å²) in [4.78, 5) is 0. The zero-order valence-electron chi connectivity index (χ0n) is 7.37. The van der Waals surface area contributed by atoms with E-state index in [4.69, 9.17) is 5.11 Å². The molecule has 0 aliphatic heterocycles. The highest BCUT2D eigenvalue weighted by atomic mass is 79.9. The summed E-state index contributed by atoms with van der Waals surface area (Å²) >= 11 is 3.44. The van der Waals surface area contributed by atoms with Crippen LogP contribution >= 0.6 is 32.9 Å². The largest absolute Gasteiger partial charge is 0.396 e. The summed E-state index contributed by atoms with van der Waals surface area (Å²) in [5.41, 5.74) is 2.66. The maximum atomic E-state index is 8.68. The Bertz CT molecular complexity index is 238. The van der Waals surface area contributed by atoms with E-state index in [1.807, 2.05) is 12.1 Å². The highest BCUT2D eigenvalue weighted by Crippen LogP contribution is 2.13. The Morgan fingerprint density at radius 2 is 1.77 bits per heavy atom. The Morgan fingerprint density at radius 1 is 1.15 bits per heavy atom. The Morgan fingerprint density at radius 3 is 2.31 bits per heavy atom. The summed E-state index contributed by atoms with van der Waals surface area (Å²) in [5.74, 6) is 0. The molecule has 0 saturated carbocycles. The van der Waals surface area contributed by atoms with Crippen LogP contribution < -0.4 is 0 Å². The molecule has 0 fully saturated rings. The molecule has 3 heteroatoms. The van der Waals surface area contributed by atoms with Crippen molar-refractivity contribution in [1.29, 1.82) is 0 Å². The van der Waals surface area contributed by atoms with E-state index in [-0.39, 0.29) is 23.6 Å². The van der Waals surface area contributed by atoms with E-state index in [2.05, 4.69) is 28.1 Å². The molecule has 0 bridgehead atoms. The molecular formula is C10H14Br2O. The molecule has 0 aromatic heterocycles. The molecule has 13 heavy (non-hydrogen) atoms. The smallest absolute Gasteiger partial charge is 0.0434 e. The number of hydrogen-bond donors (Lipinski definition) is 1. The van der Waals surface area contributed by atoms with Crippen LogP contribution in [0.25, 0.3) is 0 Å². The second-order valence-corrected chi connectivity index (χ2v) is 3.29. The third kappa shape index (κ3) is 4.25. The predicted molar refractivity (Wildman–Crippen MR) is 64.8 cm³/mol. The van der Waals surface area contributed by atoms with Gasteiger partial charge in [0.2, 0.25) is 0 Å². The minimum Gasteiger partial charge on any atom is -0.396 e. The van der Waals surface area contributed by atoms with Crippen LogP contribution in [0.5, 0.6) is 0 Å². The van der Waals surface area contributed by atoms with E-state index >= 15 is 0 Å². The first-order valence-corrected chi connectivity index (χ1v) is 5.24. The van der Waals surface area contributed by atoms with Crippen molar-refractivity contribution < 1.29 is 5.11 Å². The van der Waals surface area contributed by atoms with Gasteiger partial charge in [0.1, 0.15) is 0 Å². The van der Waals surface area contributed by atoms with Crippen molar-refractivity contribution in [3.05, 3.63) is 35.4 Å². The number of halogens is 2. The summed E-state index contributed by atoms with van der Waals surface area (Å²) < 4.78 is 0. The van der Waals surface area contributed by atoms with Crippen molar-refractivity contribution in [3.8, 4) is 0 Å². The van der Waals surface area contributed by atoms with Crippen LogP contribution in [0.1, 0.15) is 17.5 Å². The van der Waals surface area contributed by atoms with Crippen molar-refractivity contribution in [2.24, 2.45) is 0 Å². The van der Waals surface area contributed by atoms with E-state index in [0.29, 0.717) is 0 Å². The van der Waals surface area contributed by atoms with Crippen molar-refractivity contribution in [1.82, 2.24) is 0 Å². The maximum Gasteiger partial charge on any atom is 0.0434 e. The average Bonchev–Trinajstić information content (AvgIpc) is 2.15. The molecule has 0 spiro atoms. The first-order chi connectivity index (χ1) is 5.88. The number of aliphatic hydroxyl groups excluding tert-OH is 1. The minimum absolute atomic E-state index is 0. The highest BCUT2D eigenvalue weighted by Gasteiger charge is 1.98. The molecule has 0 unspecified atom stereocenters. The zero-order chi connectivity index (χ0) is 8.81. The first kappa shape index (κ1) is 13.1. The molecule has 0 aliphatic rings. The van der Waals surface area contributed by atoms with Crippen LogP contribution in [-0.2, 0) is 11.8 Å². The van der Waals surface area contributed by atoms with E-state index < -0.39 is 0 Å². The highest BCUT2D eigenvalue weighted by molar-refractivity contribution is 9.08. The van der Waals surface area contributed by atoms with Gasteiger partial charge in [-0.05, 0) is 24.0 Å². The van der Waals surface area contributed by atoms with Gasteiger partial charge < -0.3 is 5.11 Å². The molecule has 1 aromatic rings. The number of rotatable bonds is 4. The van der Waals surface area contributed by atoms with E-state index in [1.165, 1.54) is 11.1 Å². The van der Waals surface area contributed by atoms with E-state index in [9.17, 15) is 0 Å². The van der Waals surface area contributed by atoms with Crippen molar-refractivity contribution in [3.63, 3.8) is 0 Å². The van der Waals surface area contributed by atoms with Crippen molar-refractivity contribution in [2.75, 3.05) is 6.61 Å². The van der Waals surface area contributed by atoms with Crippen LogP contribution in [0.15, 0.2) is 24.3 Å². The molecular weight excluding hydrogens is 296 g/mol. The van der Waals surface area contributed by atoms with Gasteiger partial charge in [0.05, 0.1) is 0 Å². The quantitative estimate of drug-likeness (QED) is 0.848. The lowest BCUT2D eigenvalue weighted by molar-refractivity contribution is 0.288. The van der Waals surface area contributed by atoms with Crippen LogP contribution in [0, 0.1) is 0 Å². The van der Waals surface area contributed by atoms with Crippen LogP contribution in [0.3, 0.4) is 0 Å². The van der Waals surface area contributed by atoms with Crippen LogP contribution in [0.2, 0.25) is 0 Å². The lowest BCUT2D eigenvalue weighted by Gasteiger charge is -2.04. The molecule has 1 nitrogen and oxygen atoms in total. The average molecular weight is 310 g/mol. The molecule has 74 valence electrons. The Balaban J connectivity index is 0.00000144. The molecule has 0 atom stereocenters. The first-order valence-electron chi connectivity index (χ1n) is 4.12. The molecule has 0 radical (unpaired) electrons. The van der Waals surface area contributed by atoms with Gasteiger partial charge in [0.25, 0.3) is 0 Å². The fourth-order valence-electron chi connectivity index (χ4n) is 1.20. The van der Waals surface area contributed by atoms with Crippen molar-refractivity contribution in [2.45, 2.75) is 18.2 Å². The molecule has 0 aliphatic carbocycles. The van der Waals surface area contributed by atoms with Crippen molar-refractivity contribution >= 4 is 32.9 Å². The summed E-state index contributed by atoms with van der Waals surface area (Å²) in [5, 5.41) is 9.58. The molecule has 1 N–H and O–H groups in total. The number of aliphatic hydroxyl groups is 1. The summed E-state index contributed by atoms with van der Waals surface area (Å²) in [6.45, 7) is 0.274. The Hall–Kier alpha value is 0.140. The van der Waals surface area contributed by atoms with Gasteiger partial charge in [-0.3, -0.25) is 0 Å². The van der Waals surface area contributed by atoms with Gasteiger partial charge >= 0.3 is 0 Å². The van der Waals surface area contributed by atoms with Gasteiger partial charge in [-0.2, -0.15) is 0 Å². The minimum atomic E-state index is 0. The Labute approximate surface area is 98.1 Å². The van der Waals surface area contributed by atoms with Gasteiger partial charge in [0, 0.05) is 11.9 Å². The lowest BCUT2D eigenvalue weighted by Crippen LogP contribution is -1.93. The molecule has 0 saturated heterocycles. The van der Waals surface area contributed by atoms with Gasteiger partial charge in [-0.25, -0.2) is 0 Å². The molecule has 1 aromatic carbocycles. The summed E-state index contributed by atoms with van der Waals surface area (Å²) in [6.07, 6.45) is 1.82. The number of benzene rings is 1. The second kappa shape index (κ2) is 7.54.